The van der Waals surface area contributed by atoms with Crippen molar-refractivity contribution in [3.8, 4) is 0 Å². The highest BCUT2D eigenvalue weighted by molar-refractivity contribution is 5.93. The molecule has 0 radical (unpaired) electrons. The number of hydrogen-bond donors (Lipinski definition) is 2. The molecule has 196 valence electrons. The molecule has 1 spiro atoms. The highest BCUT2D eigenvalue weighted by atomic mass is 16.6. The predicted molar refractivity (Wildman–Crippen MR) is 133 cm³/mol. The van der Waals surface area contributed by atoms with Crippen molar-refractivity contribution in [2.45, 2.75) is 83.4 Å². The number of nitrogens with one attached hydrogen (secondary N) is 1. The number of carboxylic acids is 1. The molecule has 3 atom stereocenters. The molecule has 2 saturated heterocycles. The van der Waals surface area contributed by atoms with E-state index in [2.05, 4.69) is 5.32 Å². The fourth-order valence-corrected chi connectivity index (χ4v) is 5.71. The molecular formula is C27H37N3O6. The van der Waals surface area contributed by atoms with E-state index in [0.29, 0.717) is 18.0 Å². The molecule has 36 heavy (non-hydrogen) atoms. The second kappa shape index (κ2) is 10.1. The Labute approximate surface area is 212 Å². The topological polar surface area (TPSA) is 116 Å². The van der Waals surface area contributed by atoms with Gasteiger partial charge in [0.25, 0.3) is 0 Å². The van der Waals surface area contributed by atoms with Crippen LogP contribution in [0.3, 0.4) is 0 Å². The fourth-order valence-electron chi connectivity index (χ4n) is 5.71. The van der Waals surface area contributed by atoms with Crippen LogP contribution in [0.1, 0.15) is 65.7 Å². The number of benzene rings is 1. The van der Waals surface area contributed by atoms with Crippen LogP contribution in [0.25, 0.3) is 0 Å². The zero-order valence-corrected chi connectivity index (χ0v) is 21.4. The van der Waals surface area contributed by atoms with Gasteiger partial charge in [0.15, 0.2) is 5.60 Å². The molecule has 0 aromatic heterocycles. The van der Waals surface area contributed by atoms with Crippen molar-refractivity contribution in [3.63, 3.8) is 0 Å². The number of amides is 3. The number of hydrogen-bond acceptors (Lipinski definition) is 5. The number of anilines is 1. The Balaban J connectivity index is 1.52. The van der Waals surface area contributed by atoms with Crippen molar-refractivity contribution in [1.82, 2.24) is 10.2 Å². The Morgan fingerprint density at radius 3 is 2.39 bits per heavy atom. The minimum atomic E-state index is -1.16. The molecule has 0 bridgehead atoms. The Kier molecular flexibility index (Phi) is 7.29. The molecule has 3 fully saturated rings. The first-order valence-corrected chi connectivity index (χ1v) is 12.9. The average molecular weight is 500 g/mol. The average Bonchev–Trinajstić information content (AvgIpc) is 3.37. The van der Waals surface area contributed by atoms with Crippen LogP contribution >= 0.6 is 0 Å². The normalized spacial score (nSPS) is 25.6. The van der Waals surface area contributed by atoms with Gasteiger partial charge in [0.05, 0.1) is 13.1 Å². The summed E-state index contributed by atoms with van der Waals surface area (Å²) in [5.74, 6) is -1.48. The van der Waals surface area contributed by atoms with Crippen LogP contribution in [0.2, 0.25) is 0 Å². The SMILES string of the molecule is CC(C)(C)C(NC(=O)CC1CCCCC1)C(=O)N1C[C@]2(C[C@H]1C(=O)O)CN(c1ccccc1)C(=O)O2. The van der Waals surface area contributed by atoms with Gasteiger partial charge in [-0.05, 0) is 36.3 Å². The molecule has 2 N–H and O–H groups in total. The summed E-state index contributed by atoms with van der Waals surface area (Å²) in [6, 6.07) is 6.97. The number of aliphatic carboxylic acids is 1. The second-order valence-corrected chi connectivity index (χ2v) is 11.6. The number of para-hydroxylation sites is 1. The molecule has 1 aromatic carbocycles. The first kappa shape index (κ1) is 26.0. The zero-order valence-electron chi connectivity index (χ0n) is 21.4. The third-order valence-electron chi connectivity index (χ3n) is 7.62. The number of carbonyl (C=O) groups excluding carboxylic acids is 3. The van der Waals surface area contributed by atoms with Crippen molar-refractivity contribution < 1.29 is 29.0 Å². The summed E-state index contributed by atoms with van der Waals surface area (Å²) >= 11 is 0. The summed E-state index contributed by atoms with van der Waals surface area (Å²) in [4.78, 5) is 54.4. The number of rotatable bonds is 6. The summed E-state index contributed by atoms with van der Waals surface area (Å²) in [7, 11) is 0. The lowest BCUT2D eigenvalue weighted by atomic mass is 9.84. The van der Waals surface area contributed by atoms with E-state index in [4.69, 9.17) is 4.74 Å². The van der Waals surface area contributed by atoms with E-state index >= 15 is 0 Å². The Morgan fingerprint density at radius 1 is 1.11 bits per heavy atom. The van der Waals surface area contributed by atoms with Gasteiger partial charge >= 0.3 is 12.1 Å². The Morgan fingerprint density at radius 2 is 1.78 bits per heavy atom. The Bertz CT molecular complexity index is 1000. The molecule has 1 aromatic rings. The van der Waals surface area contributed by atoms with Crippen molar-refractivity contribution in [2.24, 2.45) is 11.3 Å². The van der Waals surface area contributed by atoms with Crippen LogP contribution < -0.4 is 10.2 Å². The molecular weight excluding hydrogens is 462 g/mol. The predicted octanol–water partition coefficient (Wildman–Crippen LogP) is 3.57. The van der Waals surface area contributed by atoms with Crippen molar-refractivity contribution in [1.29, 1.82) is 0 Å². The molecule has 2 heterocycles. The first-order chi connectivity index (χ1) is 17.0. The quantitative estimate of drug-likeness (QED) is 0.618. The van der Waals surface area contributed by atoms with Gasteiger partial charge in [-0.2, -0.15) is 0 Å². The maximum absolute atomic E-state index is 13.8. The van der Waals surface area contributed by atoms with Crippen LogP contribution in [-0.4, -0.2) is 64.7 Å². The van der Waals surface area contributed by atoms with Crippen LogP contribution in [0.4, 0.5) is 10.5 Å². The molecule has 1 unspecified atom stereocenters. The van der Waals surface area contributed by atoms with Crippen molar-refractivity contribution >= 4 is 29.6 Å². The van der Waals surface area contributed by atoms with Crippen LogP contribution in [0.15, 0.2) is 30.3 Å². The molecule has 4 rings (SSSR count). The lowest BCUT2D eigenvalue weighted by Gasteiger charge is -2.35. The summed E-state index contributed by atoms with van der Waals surface area (Å²) in [6.45, 7) is 5.67. The molecule has 9 nitrogen and oxygen atoms in total. The van der Waals surface area contributed by atoms with E-state index < -0.39 is 41.1 Å². The minimum absolute atomic E-state index is 0.00394. The van der Waals surface area contributed by atoms with Gasteiger partial charge in [0.2, 0.25) is 11.8 Å². The van der Waals surface area contributed by atoms with E-state index in [1.54, 1.807) is 12.1 Å². The number of carboxylic acid groups (broad SMARTS) is 1. The first-order valence-electron chi connectivity index (χ1n) is 12.9. The van der Waals surface area contributed by atoms with Crippen molar-refractivity contribution in [2.75, 3.05) is 18.0 Å². The number of ether oxygens (including phenoxy) is 1. The lowest BCUT2D eigenvalue weighted by Crippen LogP contribution is -2.57. The van der Waals surface area contributed by atoms with E-state index in [0.717, 1.165) is 25.7 Å². The number of carbonyl (C=O) groups is 4. The molecule has 3 amide bonds. The molecule has 1 aliphatic carbocycles. The second-order valence-electron chi connectivity index (χ2n) is 11.6. The molecule has 9 heteroatoms. The summed E-state index contributed by atoms with van der Waals surface area (Å²) in [5.41, 5.74) is -1.11. The van der Waals surface area contributed by atoms with Crippen LogP contribution in [0, 0.1) is 11.3 Å². The minimum Gasteiger partial charge on any atom is -0.480 e. The fraction of sp³-hybridized carbons (Fsp3) is 0.630. The Hall–Kier alpha value is -3.10. The van der Waals surface area contributed by atoms with E-state index in [1.165, 1.54) is 16.2 Å². The largest absolute Gasteiger partial charge is 0.480 e. The van der Waals surface area contributed by atoms with E-state index in [1.807, 2.05) is 39.0 Å². The number of nitrogens with zero attached hydrogens (tertiary/aromatic N) is 2. The van der Waals surface area contributed by atoms with Gasteiger partial charge in [-0.3, -0.25) is 14.5 Å². The van der Waals surface area contributed by atoms with Crippen LogP contribution in [0.5, 0.6) is 0 Å². The van der Waals surface area contributed by atoms with Gasteiger partial charge in [-0.15, -0.1) is 0 Å². The third kappa shape index (κ3) is 5.50. The van der Waals surface area contributed by atoms with Gasteiger partial charge in [0.1, 0.15) is 12.1 Å². The van der Waals surface area contributed by atoms with Gasteiger partial charge in [-0.25, -0.2) is 9.59 Å². The van der Waals surface area contributed by atoms with Gasteiger partial charge in [-0.1, -0.05) is 58.2 Å². The van der Waals surface area contributed by atoms with Gasteiger partial charge in [0, 0.05) is 18.5 Å². The standard InChI is InChI=1S/C27H37N3O6/c1-26(2,3)22(28-21(31)14-18-10-6-4-7-11-18)23(32)30-17-27(15-20(30)24(33)34)16-29(25(35)36-27)19-12-8-5-9-13-19/h5,8-9,12-13,18,20,22H,4,6-7,10-11,14-17H2,1-3H3,(H,28,31)(H,33,34)/t20-,22?,27-/m0/s1. The molecule has 2 aliphatic heterocycles. The summed E-state index contributed by atoms with van der Waals surface area (Å²) < 4.78 is 5.73. The highest BCUT2D eigenvalue weighted by Crippen LogP contribution is 2.39. The molecule has 3 aliphatic rings. The molecule has 1 saturated carbocycles. The van der Waals surface area contributed by atoms with Crippen molar-refractivity contribution in [3.05, 3.63) is 30.3 Å². The van der Waals surface area contributed by atoms with E-state index in [9.17, 15) is 24.3 Å². The van der Waals surface area contributed by atoms with Gasteiger partial charge < -0.3 is 20.1 Å². The third-order valence-corrected chi connectivity index (χ3v) is 7.62. The smallest absolute Gasteiger partial charge is 0.415 e. The van der Waals surface area contributed by atoms with Crippen LogP contribution in [-0.2, 0) is 19.1 Å². The maximum Gasteiger partial charge on any atom is 0.415 e. The lowest BCUT2D eigenvalue weighted by molar-refractivity contribution is -0.150. The van der Waals surface area contributed by atoms with E-state index in [-0.39, 0.29) is 25.4 Å². The maximum atomic E-state index is 13.8. The summed E-state index contributed by atoms with van der Waals surface area (Å²) in [5, 5.41) is 12.9. The number of likely N-dealkylation sites (tertiary alicyclic amines) is 1. The highest BCUT2D eigenvalue weighted by Gasteiger charge is 2.57. The summed E-state index contributed by atoms with van der Waals surface area (Å²) in [6.07, 6.45) is 5.27. The monoisotopic (exact) mass is 499 g/mol. The zero-order chi connectivity index (χ0) is 26.1.